The molecule has 1 aliphatic heterocycles. The summed E-state index contributed by atoms with van der Waals surface area (Å²) in [4.78, 5) is 26.5. The number of benzene rings is 1. The van der Waals surface area contributed by atoms with Crippen LogP contribution in [0.15, 0.2) is 72.7 Å². The second kappa shape index (κ2) is 12.0. The zero-order valence-electron chi connectivity index (χ0n) is 24.5. The van der Waals surface area contributed by atoms with E-state index in [0.717, 1.165) is 58.6 Å². The van der Waals surface area contributed by atoms with E-state index in [1.54, 1.807) is 25.4 Å². The van der Waals surface area contributed by atoms with E-state index in [1.165, 1.54) is 5.70 Å². The van der Waals surface area contributed by atoms with Gasteiger partial charge in [-0.15, -0.1) is 0 Å². The van der Waals surface area contributed by atoms with Crippen molar-refractivity contribution in [2.45, 2.75) is 52.6 Å². The molecule has 2 aromatic heterocycles. The predicted molar refractivity (Wildman–Crippen MR) is 163 cm³/mol. The van der Waals surface area contributed by atoms with Gasteiger partial charge in [-0.2, -0.15) is 5.26 Å². The molecule has 1 amide bonds. The summed E-state index contributed by atoms with van der Waals surface area (Å²) in [5, 5.41) is 10.1. The normalized spacial score (nSPS) is 21.0. The van der Waals surface area contributed by atoms with Gasteiger partial charge in [0.1, 0.15) is 11.3 Å². The van der Waals surface area contributed by atoms with Crippen LogP contribution in [0.5, 0.6) is 5.75 Å². The van der Waals surface area contributed by atoms with Crippen LogP contribution in [0.4, 0.5) is 0 Å². The zero-order valence-corrected chi connectivity index (χ0v) is 24.5. The molecule has 5 rings (SSSR count). The number of ether oxygens (including phenoxy) is 1. The second-order valence-corrected chi connectivity index (χ2v) is 11.0. The van der Waals surface area contributed by atoms with Gasteiger partial charge in [-0.1, -0.05) is 44.2 Å². The molecule has 0 N–H and O–H groups in total. The van der Waals surface area contributed by atoms with Crippen molar-refractivity contribution in [2.24, 2.45) is 5.92 Å². The fourth-order valence-electron chi connectivity index (χ4n) is 6.16. The van der Waals surface area contributed by atoms with Crippen molar-refractivity contribution in [3.05, 3.63) is 83.9 Å². The molecule has 210 valence electrons. The number of nitriles is 1. The van der Waals surface area contributed by atoms with Crippen molar-refractivity contribution in [3.8, 4) is 23.1 Å². The second-order valence-electron chi connectivity index (χ2n) is 11.0. The first kappa shape index (κ1) is 28.1. The third-order valence-electron chi connectivity index (χ3n) is 8.14. The van der Waals surface area contributed by atoms with E-state index in [-0.39, 0.29) is 18.0 Å². The van der Waals surface area contributed by atoms with Crippen molar-refractivity contribution >= 4 is 22.4 Å². The largest absolute Gasteiger partial charge is 0.495 e. The van der Waals surface area contributed by atoms with Gasteiger partial charge < -0.3 is 14.5 Å². The smallest absolute Gasteiger partial charge is 0.222 e. The molecule has 0 radical (unpaired) electrons. The van der Waals surface area contributed by atoms with Crippen LogP contribution < -0.4 is 4.74 Å². The molecule has 0 bridgehead atoms. The Bertz CT molecular complexity index is 1570. The Balaban J connectivity index is 1.52. The third-order valence-corrected chi connectivity index (χ3v) is 8.14. The number of carbonyl (C=O) groups is 1. The van der Waals surface area contributed by atoms with Gasteiger partial charge in [0, 0.05) is 66.2 Å². The monoisotopic (exact) mass is 547 g/mol. The summed E-state index contributed by atoms with van der Waals surface area (Å²) < 4.78 is 5.99. The number of rotatable bonds is 5. The number of hydrogen-bond acceptors (Lipinski definition) is 6. The van der Waals surface area contributed by atoms with E-state index >= 15 is 0 Å². The minimum atomic E-state index is 0.160. The Morgan fingerprint density at radius 2 is 1.80 bits per heavy atom. The van der Waals surface area contributed by atoms with Crippen molar-refractivity contribution < 1.29 is 9.53 Å². The molecule has 7 heteroatoms. The van der Waals surface area contributed by atoms with Crippen LogP contribution in [0.2, 0.25) is 0 Å². The highest BCUT2D eigenvalue weighted by molar-refractivity contribution is 5.98. The number of pyridine rings is 2. The maximum absolute atomic E-state index is 12.6. The van der Waals surface area contributed by atoms with Crippen molar-refractivity contribution in [1.29, 1.82) is 5.26 Å². The number of piperazine rings is 1. The lowest BCUT2D eigenvalue weighted by atomic mass is 9.94. The number of aromatic nitrogens is 2. The van der Waals surface area contributed by atoms with Crippen LogP contribution >= 0.6 is 0 Å². The lowest BCUT2D eigenvalue weighted by Gasteiger charge is -2.47. The lowest BCUT2D eigenvalue weighted by molar-refractivity contribution is -0.138. The van der Waals surface area contributed by atoms with E-state index in [9.17, 15) is 10.1 Å². The molecule has 1 saturated heterocycles. The topological polar surface area (TPSA) is 82.4 Å². The van der Waals surface area contributed by atoms with Crippen LogP contribution in [0.25, 0.3) is 27.7 Å². The number of nitrogens with zero attached hydrogens (tertiary/aromatic N) is 5. The average Bonchev–Trinajstić information content (AvgIpc) is 2.97. The highest BCUT2D eigenvalue weighted by atomic mass is 16.5. The van der Waals surface area contributed by atoms with Gasteiger partial charge in [0.05, 0.1) is 24.4 Å². The first-order valence-corrected chi connectivity index (χ1v) is 14.3. The highest BCUT2D eigenvalue weighted by Gasteiger charge is 2.33. The molecule has 0 spiro atoms. The Hall–Kier alpha value is -4.44. The summed E-state index contributed by atoms with van der Waals surface area (Å²) >= 11 is 0. The quantitative estimate of drug-likeness (QED) is 0.369. The number of allylic oxidation sites excluding steroid dienone is 6. The van der Waals surface area contributed by atoms with Gasteiger partial charge in [-0.25, -0.2) is 0 Å². The predicted octanol–water partition coefficient (Wildman–Crippen LogP) is 6.37. The van der Waals surface area contributed by atoms with Gasteiger partial charge in [0.25, 0.3) is 0 Å². The summed E-state index contributed by atoms with van der Waals surface area (Å²) in [6, 6.07) is 11.8. The molecule has 1 aromatic carbocycles. The van der Waals surface area contributed by atoms with Crippen molar-refractivity contribution in [1.82, 2.24) is 19.8 Å². The lowest BCUT2D eigenvalue weighted by Crippen LogP contribution is -2.58. The molecule has 41 heavy (non-hydrogen) atoms. The molecule has 3 aromatic rings. The molecule has 3 atom stereocenters. The molecule has 0 saturated carbocycles. The number of hydrogen-bond donors (Lipinski definition) is 0. The highest BCUT2D eigenvalue weighted by Crippen LogP contribution is 2.37. The summed E-state index contributed by atoms with van der Waals surface area (Å²) in [5.41, 5.74) is 6.23. The van der Waals surface area contributed by atoms with E-state index in [2.05, 4.69) is 65.9 Å². The minimum absolute atomic E-state index is 0.160. The summed E-state index contributed by atoms with van der Waals surface area (Å²) in [6.45, 7) is 10.2. The molecule has 1 unspecified atom stereocenters. The average molecular weight is 548 g/mol. The zero-order chi connectivity index (χ0) is 29.1. The Labute approximate surface area is 242 Å². The maximum Gasteiger partial charge on any atom is 0.222 e. The fourth-order valence-corrected chi connectivity index (χ4v) is 6.16. The van der Waals surface area contributed by atoms with Gasteiger partial charge in [-0.3, -0.25) is 14.8 Å². The van der Waals surface area contributed by atoms with Crippen LogP contribution in [0.3, 0.4) is 0 Å². The van der Waals surface area contributed by atoms with Crippen molar-refractivity contribution in [2.75, 3.05) is 20.2 Å². The first-order chi connectivity index (χ1) is 19.9. The number of methoxy groups -OCH3 is 1. The molecular formula is C34H37N5O2. The molecule has 1 fully saturated rings. The Morgan fingerprint density at radius 1 is 1.07 bits per heavy atom. The van der Waals surface area contributed by atoms with Crippen LogP contribution in [0, 0.1) is 17.2 Å². The number of amides is 1. The maximum atomic E-state index is 12.6. The summed E-state index contributed by atoms with van der Waals surface area (Å²) in [7, 11) is 1.69. The Kier molecular flexibility index (Phi) is 8.21. The fraction of sp³-hybridized carbons (Fsp3) is 0.353. The first-order valence-electron chi connectivity index (χ1n) is 14.3. The number of carbonyl (C=O) groups excluding carboxylic acids is 1. The summed E-state index contributed by atoms with van der Waals surface area (Å²) in [6.07, 6.45) is 13.9. The van der Waals surface area contributed by atoms with Crippen molar-refractivity contribution in [3.63, 3.8) is 0 Å². The minimum Gasteiger partial charge on any atom is -0.495 e. The molecule has 2 aliphatic rings. The van der Waals surface area contributed by atoms with Crippen LogP contribution in [-0.4, -0.2) is 58.0 Å². The third kappa shape index (κ3) is 5.47. The van der Waals surface area contributed by atoms with Gasteiger partial charge in [-0.05, 0) is 56.0 Å². The van der Waals surface area contributed by atoms with E-state index in [4.69, 9.17) is 9.72 Å². The molecular weight excluding hydrogens is 510 g/mol. The van der Waals surface area contributed by atoms with Crippen LogP contribution in [0.1, 0.15) is 51.7 Å². The standard InChI is InChI=1S/C34H37N5O2/c1-6-31(40)39-23(3)20-38(21-24(39)4)30-15-14-26(9-7-8-22(30)2)29-19-37-33-28(34(29)41-5)16-17-36-32(33)27-12-10-25(18-35)11-13-27/h7,9-17,19,22-24H,6,8,20-21H2,1-5H3/t22?,23-,24+. The summed E-state index contributed by atoms with van der Waals surface area (Å²) in [5.74, 6) is 1.33. The van der Waals surface area contributed by atoms with Gasteiger partial charge in [0.2, 0.25) is 5.91 Å². The van der Waals surface area contributed by atoms with E-state index in [1.807, 2.05) is 31.3 Å². The van der Waals surface area contributed by atoms with Gasteiger partial charge >= 0.3 is 0 Å². The molecule has 7 nitrogen and oxygen atoms in total. The van der Waals surface area contributed by atoms with E-state index in [0.29, 0.717) is 17.9 Å². The van der Waals surface area contributed by atoms with Gasteiger partial charge in [0.15, 0.2) is 0 Å². The number of fused-ring (bicyclic) bond motifs is 1. The SMILES string of the molecule is CCC(=O)N1[C@H](C)CN(C2=CC=C(c3cnc4c(-c5ccc(C#N)cc5)nccc4c3OC)C=CCC2C)C[C@@H]1C. The molecule has 3 heterocycles. The Morgan fingerprint density at radius 3 is 2.46 bits per heavy atom. The van der Waals surface area contributed by atoms with E-state index < -0.39 is 0 Å². The van der Waals surface area contributed by atoms with Crippen LogP contribution in [-0.2, 0) is 4.79 Å². The molecule has 1 aliphatic carbocycles.